The predicted octanol–water partition coefficient (Wildman–Crippen LogP) is 5.97. The monoisotopic (exact) mass is 422 g/mol. The molecule has 0 aromatic heterocycles. The van der Waals surface area contributed by atoms with Gasteiger partial charge in [-0.25, -0.2) is 9.59 Å². The van der Waals surface area contributed by atoms with Gasteiger partial charge in [-0.15, -0.1) is 0 Å². The Morgan fingerprint density at radius 1 is 0.935 bits per heavy atom. The van der Waals surface area contributed by atoms with Crippen LogP contribution in [-0.2, 0) is 9.53 Å². The molecular weight excluding hydrogens is 392 g/mol. The molecule has 0 saturated heterocycles. The lowest BCUT2D eigenvalue weighted by molar-refractivity contribution is -0.128. The van der Waals surface area contributed by atoms with E-state index in [0.717, 1.165) is 49.8 Å². The molecule has 3 rings (SSSR count). The minimum Gasteiger partial charge on any atom is -0.494 e. The number of carbonyl (C=O) groups is 2. The average molecular weight is 423 g/mol. The lowest BCUT2D eigenvalue weighted by atomic mass is 9.98. The van der Waals surface area contributed by atoms with Crippen molar-refractivity contribution < 1.29 is 23.8 Å². The number of esters is 2. The first-order chi connectivity index (χ1) is 15.1. The van der Waals surface area contributed by atoms with Gasteiger partial charge in [-0.1, -0.05) is 31.9 Å². The fourth-order valence-electron chi connectivity index (χ4n) is 3.39. The second-order valence-corrected chi connectivity index (χ2v) is 7.72. The van der Waals surface area contributed by atoms with Crippen LogP contribution in [0.15, 0.2) is 54.6 Å². The van der Waals surface area contributed by atoms with E-state index in [1.165, 1.54) is 12.5 Å². The summed E-state index contributed by atoms with van der Waals surface area (Å²) in [6, 6.07) is 14.0. The van der Waals surface area contributed by atoms with E-state index in [1.54, 1.807) is 30.3 Å². The van der Waals surface area contributed by atoms with Gasteiger partial charge in [0.1, 0.15) is 17.6 Å². The van der Waals surface area contributed by atoms with Gasteiger partial charge in [0.15, 0.2) is 0 Å². The highest BCUT2D eigenvalue weighted by atomic mass is 16.5. The van der Waals surface area contributed by atoms with Crippen LogP contribution < -0.4 is 9.47 Å². The summed E-state index contributed by atoms with van der Waals surface area (Å²) in [4.78, 5) is 24.3. The molecule has 0 N–H and O–H groups in total. The zero-order valence-electron chi connectivity index (χ0n) is 18.0. The first kappa shape index (κ1) is 22.6. The largest absolute Gasteiger partial charge is 0.494 e. The molecule has 0 spiro atoms. The van der Waals surface area contributed by atoms with Crippen LogP contribution in [0.3, 0.4) is 0 Å². The van der Waals surface area contributed by atoms with Gasteiger partial charge in [0.2, 0.25) is 0 Å². The Bertz CT molecular complexity index is 862. The van der Waals surface area contributed by atoms with Crippen molar-refractivity contribution in [3.8, 4) is 11.5 Å². The smallest absolute Gasteiger partial charge is 0.338 e. The number of hydrogen-bond acceptors (Lipinski definition) is 5. The molecule has 0 atom stereocenters. The molecule has 0 bridgehead atoms. The summed E-state index contributed by atoms with van der Waals surface area (Å²) in [5.41, 5.74) is 1.34. The standard InChI is InChI=1S/C26H30O5/c1-2-3-19-29-22-14-9-20(10-15-22)11-18-25(27)30-24-16-12-21(13-17-24)26(28)31-23-7-5-4-6-8-23/h9-18,23H,2-8,19H2,1H3/b18-11+. The van der Waals surface area contributed by atoms with Gasteiger partial charge >= 0.3 is 11.9 Å². The fourth-order valence-corrected chi connectivity index (χ4v) is 3.39. The van der Waals surface area contributed by atoms with E-state index in [4.69, 9.17) is 14.2 Å². The highest BCUT2D eigenvalue weighted by Gasteiger charge is 2.18. The summed E-state index contributed by atoms with van der Waals surface area (Å²) in [6.45, 7) is 2.83. The van der Waals surface area contributed by atoms with Gasteiger partial charge < -0.3 is 14.2 Å². The van der Waals surface area contributed by atoms with Crippen molar-refractivity contribution >= 4 is 18.0 Å². The second kappa shape index (κ2) is 11.9. The van der Waals surface area contributed by atoms with E-state index in [1.807, 2.05) is 24.3 Å². The Balaban J connectivity index is 1.47. The van der Waals surface area contributed by atoms with Crippen LogP contribution in [0.5, 0.6) is 11.5 Å². The molecule has 2 aromatic carbocycles. The summed E-state index contributed by atoms with van der Waals surface area (Å²) in [7, 11) is 0. The molecule has 1 aliphatic carbocycles. The molecule has 0 radical (unpaired) electrons. The number of hydrogen-bond donors (Lipinski definition) is 0. The van der Waals surface area contributed by atoms with Crippen molar-refractivity contribution in [2.24, 2.45) is 0 Å². The molecule has 0 unspecified atom stereocenters. The third kappa shape index (κ3) is 7.59. The predicted molar refractivity (Wildman–Crippen MR) is 120 cm³/mol. The molecule has 1 saturated carbocycles. The Morgan fingerprint density at radius 2 is 1.61 bits per heavy atom. The van der Waals surface area contributed by atoms with E-state index < -0.39 is 5.97 Å². The summed E-state index contributed by atoms with van der Waals surface area (Å²) in [5, 5.41) is 0. The number of unbranched alkanes of at least 4 members (excludes halogenated alkanes) is 1. The average Bonchev–Trinajstić information content (AvgIpc) is 2.80. The number of ether oxygens (including phenoxy) is 3. The van der Waals surface area contributed by atoms with Crippen LogP contribution in [0.4, 0.5) is 0 Å². The zero-order chi connectivity index (χ0) is 21.9. The topological polar surface area (TPSA) is 61.8 Å². The Hall–Kier alpha value is -3.08. The van der Waals surface area contributed by atoms with Crippen molar-refractivity contribution in [3.05, 3.63) is 65.7 Å². The molecule has 5 nitrogen and oxygen atoms in total. The highest BCUT2D eigenvalue weighted by molar-refractivity contribution is 5.90. The second-order valence-electron chi connectivity index (χ2n) is 7.72. The molecule has 1 fully saturated rings. The van der Waals surface area contributed by atoms with Gasteiger partial charge in [0, 0.05) is 6.08 Å². The number of carbonyl (C=O) groups excluding carboxylic acids is 2. The van der Waals surface area contributed by atoms with Crippen LogP contribution in [-0.4, -0.2) is 24.6 Å². The van der Waals surface area contributed by atoms with E-state index in [0.29, 0.717) is 17.9 Å². The molecule has 0 heterocycles. The minimum absolute atomic E-state index is 0.0147. The fraction of sp³-hybridized carbons (Fsp3) is 0.385. The maximum Gasteiger partial charge on any atom is 0.338 e. The van der Waals surface area contributed by atoms with Gasteiger partial charge in [0.25, 0.3) is 0 Å². The van der Waals surface area contributed by atoms with Crippen LogP contribution in [0.25, 0.3) is 6.08 Å². The molecule has 5 heteroatoms. The van der Waals surface area contributed by atoms with Crippen molar-refractivity contribution in [2.75, 3.05) is 6.61 Å². The van der Waals surface area contributed by atoms with Crippen molar-refractivity contribution in [2.45, 2.75) is 58.0 Å². The maximum absolute atomic E-state index is 12.3. The van der Waals surface area contributed by atoms with E-state index in [9.17, 15) is 9.59 Å². The molecule has 1 aliphatic rings. The molecule has 0 aliphatic heterocycles. The molecule has 164 valence electrons. The highest BCUT2D eigenvalue weighted by Crippen LogP contribution is 2.22. The minimum atomic E-state index is -0.485. The first-order valence-corrected chi connectivity index (χ1v) is 11.1. The summed E-state index contributed by atoms with van der Waals surface area (Å²) in [5.74, 6) is 0.381. The normalized spacial score (nSPS) is 14.4. The summed E-state index contributed by atoms with van der Waals surface area (Å²) in [6.07, 6.45) is 10.5. The number of benzene rings is 2. The zero-order valence-corrected chi connectivity index (χ0v) is 18.0. The van der Waals surface area contributed by atoms with Gasteiger partial charge in [-0.3, -0.25) is 0 Å². The maximum atomic E-state index is 12.3. The van der Waals surface area contributed by atoms with Crippen LogP contribution in [0.2, 0.25) is 0 Å². The van der Waals surface area contributed by atoms with E-state index in [-0.39, 0.29) is 12.1 Å². The van der Waals surface area contributed by atoms with Crippen molar-refractivity contribution in [1.82, 2.24) is 0 Å². The van der Waals surface area contributed by atoms with E-state index >= 15 is 0 Å². The van der Waals surface area contributed by atoms with Crippen LogP contribution in [0, 0.1) is 0 Å². The van der Waals surface area contributed by atoms with E-state index in [2.05, 4.69) is 6.92 Å². The quantitative estimate of drug-likeness (QED) is 0.215. The van der Waals surface area contributed by atoms with Crippen LogP contribution >= 0.6 is 0 Å². The Labute approximate surface area is 184 Å². The van der Waals surface area contributed by atoms with Crippen molar-refractivity contribution in [1.29, 1.82) is 0 Å². The summed E-state index contributed by atoms with van der Waals surface area (Å²) < 4.78 is 16.5. The Morgan fingerprint density at radius 3 is 2.29 bits per heavy atom. The molecule has 2 aromatic rings. The van der Waals surface area contributed by atoms with Gasteiger partial charge in [-0.05, 0) is 80.1 Å². The third-order valence-electron chi connectivity index (χ3n) is 5.19. The van der Waals surface area contributed by atoms with Crippen molar-refractivity contribution in [3.63, 3.8) is 0 Å². The first-order valence-electron chi connectivity index (χ1n) is 11.1. The Kier molecular flexibility index (Phi) is 8.71. The van der Waals surface area contributed by atoms with Gasteiger partial charge in [0.05, 0.1) is 12.2 Å². The molecule has 31 heavy (non-hydrogen) atoms. The third-order valence-corrected chi connectivity index (χ3v) is 5.19. The summed E-state index contributed by atoms with van der Waals surface area (Å²) >= 11 is 0. The lowest BCUT2D eigenvalue weighted by Gasteiger charge is -2.21. The SMILES string of the molecule is CCCCOc1ccc(/C=C/C(=O)Oc2ccc(C(=O)OC3CCCCC3)cc2)cc1. The molecular formula is C26H30O5. The van der Waals surface area contributed by atoms with Crippen LogP contribution in [0.1, 0.15) is 67.8 Å². The number of rotatable bonds is 9. The molecule has 0 amide bonds. The van der Waals surface area contributed by atoms with Gasteiger partial charge in [-0.2, -0.15) is 0 Å². The lowest BCUT2D eigenvalue weighted by Crippen LogP contribution is -2.20.